The minimum Gasteiger partial charge on any atom is -0.383 e. The summed E-state index contributed by atoms with van der Waals surface area (Å²) in [5.41, 5.74) is 0. The van der Waals surface area contributed by atoms with Gasteiger partial charge in [0.15, 0.2) is 0 Å². The summed E-state index contributed by atoms with van der Waals surface area (Å²) in [5, 5.41) is 3.27. The molecule has 3 aliphatic rings. The lowest BCUT2D eigenvalue weighted by molar-refractivity contribution is -0.131. The van der Waals surface area contributed by atoms with E-state index in [0.29, 0.717) is 25.3 Å². The van der Waals surface area contributed by atoms with Crippen LogP contribution < -0.4 is 5.32 Å². The highest BCUT2D eigenvalue weighted by molar-refractivity contribution is 5.79. The quantitative estimate of drug-likeness (QED) is 0.715. The Morgan fingerprint density at radius 2 is 2.04 bits per heavy atom. The van der Waals surface area contributed by atoms with Gasteiger partial charge in [0.2, 0.25) is 11.8 Å². The number of hydrogen-bond donors (Lipinski definition) is 1. The van der Waals surface area contributed by atoms with E-state index in [4.69, 9.17) is 4.74 Å². The van der Waals surface area contributed by atoms with Gasteiger partial charge in [-0.25, -0.2) is 0 Å². The molecule has 25 heavy (non-hydrogen) atoms. The minimum absolute atomic E-state index is 0.0984. The first-order valence-electron chi connectivity index (χ1n) is 9.96. The lowest BCUT2D eigenvalue weighted by Crippen LogP contribution is -2.43. The van der Waals surface area contributed by atoms with Crippen LogP contribution in [0.5, 0.6) is 0 Å². The fourth-order valence-corrected chi connectivity index (χ4v) is 4.26. The van der Waals surface area contributed by atoms with Crippen molar-refractivity contribution in [1.82, 2.24) is 15.1 Å². The monoisotopic (exact) mass is 351 g/mol. The third-order valence-electron chi connectivity index (χ3n) is 5.91. The third kappa shape index (κ3) is 5.42. The standard InChI is InChI=1S/C19H33N3O3/c1-25-12-11-21-13-16(15-6-7-15)17(14-21)20-18(23)8-10-22-9-4-2-3-5-19(22)24/h15-17H,2-14H2,1H3,(H,20,23)/t16-,17+/m1/s1. The van der Waals surface area contributed by atoms with Crippen LogP contribution in [0.3, 0.4) is 0 Å². The highest BCUT2D eigenvalue weighted by Crippen LogP contribution is 2.41. The summed E-state index contributed by atoms with van der Waals surface area (Å²) in [5.74, 6) is 1.68. The Balaban J connectivity index is 1.45. The van der Waals surface area contributed by atoms with Crippen LogP contribution in [0.1, 0.15) is 44.9 Å². The Hall–Kier alpha value is -1.14. The molecule has 0 aromatic carbocycles. The molecule has 142 valence electrons. The van der Waals surface area contributed by atoms with Crippen LogP contribution in [-0.2, 0) is 14.3 Å². The van der Waals surface area contributed by atoms with Crippen molar-refractivity contribution in [2.75, 3.05) is 46.4 Å². The lowest BCUT2D eigenvalue weighted by atomic mass is 9.98. The van der Waals surface area contributed by atoms with Crippen LogP contribution in [0.15, 0.2) is 0 Å². The van der Waals surface area contributed by atoms with Gasteiger partial charge in [-0.05, 0) is 37.5 Å². The Kier molecular flexibility index (Phi) is 6.70. The Morgan fingerprint density at radius 1 is 1.20 bits per heavy atom. The first-order valence-corrected chi connectivity index (χ1v) is 9.96. The molecule has 1 N–H and O–H groups in total. The molecule has 2 atom stereocenters. The molecule has 2 aliphatic heterocycles. The third-order valence-corrected chi connectivity index (χ3v) is 5.91. The van der Waals surface area contributed by atoms with Gasteiger partial charge in [-0.15, -0.1) is 0 Å². The molecular formula is C19H33N3O3. The molecule has 2 amide bonds. The molecule has 1 aliphatic carbocycles. The molecular weight excluding hydrogens is 318 g/mol. The average Bonchev–Trinajstić information content (AvgIpc) is 3.39. The van der Waals surface area contributed by atoms with Crippen molar-refractivity contribution >= 4 is 11.8 Å². The van der Waals surface area contributed by atoms with Crippen molar-refractivity contribution in [3.63, 3.8) is 0 Å². The predicted octanol–water partition coefficient (Wildman–Crippen LogP) is 1.25. The number of rotatable bonds is 8. The SMILES string of the molecule is COCCN1C[C@H](NC(=O)CCN2CCCCCC2=O)[C@@H](C2CC2)C1. The van der Waals surface area contributed by atoms with Gasteiger partial charge in [-0.2, -0.15) is 0 Å². The first kappa shape index (κ1) is 18.6. The van der Waals surface area contributed by atoms with E-state index in [1.54, 1.807) is 7.11 Å². The van der Waals surface area contributed by atoms with Crippen LogP contribution in [-0.4, -0.2) is 74.1 Å². The normalized spacial score (nSPS) is 28.2. The van der Waals surface area contributed by atoms with Gasteiger partial charge in [0.05, 0.1) is 6.61 Å². The number of carbonyl (C=O) groups is 2. The zero-order valence-corrected chi connectivity index (χ0v) is 15.5. The Morgan fingerprint density at radius 3 is 2.80 bits per heavy atom. The maximum atomic E-state index is 12.5. The van der Waals surface area contributed by atoms with Crippen molar-refractivity contribution in [3.8, 4) is 0 Å². The van der Waals surface area contributed by atoms with Crippen LogP contribution >= 0.6 is 0 Å². The van der Waals surface area contributed by atoms with E-state index >= 15 is 0 Å². The molecule has 2 heterocycles. The van der Waals surface area contributed by atoms with Crippen molar-refractivity contribution in [2.45, 2.75) is 51.0 Å². The number of methoxy groups -OCH3 is 1. The fraction of sp³-hybridized carbons (Fsp3) is 0.895. The predicted molar refractivity (Wildman–Crippen MR) is 96.1 cm³/mol. The van der Waals surface area contributed by atoms with E-state index in [2.05, 4.69) is 10.2 Å². The minimum atomic E-state index is 0.0984. The fourth-order valence-electron chi connectivity index (χ4n) is 4.26. The zero-order valence-electron chi connectivity index (χ0n) is 15.5. The van der Waals surface area contributed by atoms with Crippen LogP contribution in [0.25, 0.3) is 0 Å². The van der Waals surface area contributed by atoms with Gasteiger partial charge in [-0.3, -0.25) is 14.5 Å². The number of likely N-dealkylation sites (tertiary alicyclic amines) is 2. The molecule has 3 rings (SSSR count). The molecule has 2 saturated heterocycles. The van der Waals surface area contributed by atoms with Gasteiger partial charge in [0.25, 0.3) is 0 Å². The van der Waals surface area contributed by atoms with E-state index in [9.17, 15) is 9.59 Å². The second-order valence-corrected chi connectivity index (χ2v) is 7.87. The Labute approximate surface area is 151 Å². The summed E-state index contributed by atoms with van der Waals surface area (Å²) in [4.78, 5) is 28.8. The van der Waals surface area contributed by atoms with Crippen LogP contribution in [0, 0.1) is 11.8 Å². The maximum absolute atomic E-state index is 12.5. The second kappa shape index (κ2) is 8.99. The van der Waals surface area contributed by atoms with Crippen molar-refractivity contribution in [1.29, 1.82) is 0 Å². The van der Waals surface area contributed by atoms with Gasteiger partial charge < -0.3 is 15.0 Å². The number of nitrogens with zero attached hydrogens (tertiary/aromatic N) is 2. The average molecular weight is 351 g/mol. The van der Waals surface area contributed by atoms with E-state index in [-0.39, 0.29) is 17.9 Å². The highest BCUT2D eigenvalue weighted by Gasteiger charge is 2.42. The van der Waals surface area contributed by atoms with Gasteiger partial charge >= 0.3 is 0 Å². The maximum Gasteiger partial charge on any atom is 0.222 e. The number of nitrogens with one attached hydrogen (secondary N) is 1. The lowest BCUT2D eigenvalue weighted by Gasteiger charge is -2.22. The summed E-state index contributed by atoms with van der Waals surface area (Å²) in [6, 6.07) is 0.261. The highest BCUT2D eigenvalue weighted by atomic mass is 16.5. The van der Waals surface area contributed by atoms with E-state index in [0.717, 1.165) is 58.0 Å². The zero-order chi connectivity index (χ0) is 17.6. The van der Waals surface area contributed by atoms with E-state index in [1.807, 2.05) is 4.90 Å². The summed E-state index contributed by atoms with van der Waals surface area (Å²) in [6.07, 6.45) is 6.85. The van der Waals surface area contributed by atoms with Crippen molar-refractivity contribution in [3.05, 3.63) is 0 Å². The van der Waals surface area contributed by atoms with E-state index in [1.165, 1.54) is 12.8 Å². The summed E-state index contributed by atoms with van der Waals surface area (Å²) in [7, 11) is 1.73. The molecule has 0 aromatic rings. The number of ether oxygens (including phenoxy) is 1. The van der Waals surface area contributed by atoms with Crippen molar-refractivity contribution in [2.24, 2.45) is 11.8 Å². The molecule has 0 bridgehead atoms. The number of carbonyl (C=O) groups excluding carboxylic acids is 2. The summed E-state index contributed by atoms with van der Waals surface area (Å²) in [6.45, 7) is 5.07. The molecule has 0 unspecified atom stereocenters. The number of hydrogen-bond acceptors (Lipinski definition) is 4. The van der Waals surface area contributed by atoms with E-state index < -0.39 is 0 Å². The molecule has 1 saturated carbocycles. The molecule has 6 nitrogen and oxygen atoms in total. The number of amides is 2. The smallest absolute Gasteiger partial charge is 0.222 e. The van der Waals surface area contributed by atoms with Gasteiger partial charge in [0, 0.05) is 58.7 Å². The topological polar surface area (TPSA) is 61.9 Å². The molecule has 0 aromatic heterocycles. The molecule has 0 spiro atoms. The van der Waals surface area contributed by atoms with Crippen LogP contribution in [0.2, 0.25) is 0 Å². The Bertz CT molecular complexity index is 467. The van der Waals surface area contributed by atoms with Gasteiger partial charge in [-0.1, -0.05) is 6.42 Å². The first-order chi connectivity index (χ1) is 12.2. The second-order valence-electron chi connectivity index (χ2n) is 7.87. The summed E-state index contributed by atoms with van der Waals surface area (Å²) >= 11 is 0. The van der Waals surface area contributed by atoms with Gasteiger partial charge in [0.1, 0.15) is 0 Å². The van der Waals surface area contributed by atoms with Crippen molar-refractivity contribution < 1.29 is 14.3 Å². The molecule has 0 radical (unpaired) electrons. The largest absolute Gasteiger partial charge is 0.383 e. The summed E-state index contributed by atoms with van der Waals surface area (Å²) < 4.78 is 5.19. The molecule has 3 fully saturated rings. The molecule has 6 heteroatoms. The van der Waals surface area contributed by atoms with Crippen LogP contribution in [0.4, 0.5) is 0 Å².